The number of amides is 1. The number of benzodiazepines with no additional fused rings is 1. The van der Waals surface area contributed by atoms with Gasteiger partial charge in [0.05, 0.1) is 23.9 Å². The average Bonchev–Trinajstić information content (AvgIpc) is 3.07. The molecule has 4 rings (SSSR count). The number of nitrogens with two attached hydrogens (primary N) is 1. The number of fused-ring (bicyclic) bond motifs is 1. The molecule has 1 aliphatic heterocycles. The number of allylic oxidation sites excluding steroid dienone is 2. The predicted octanol–water partition coefficient (Wildman–Crippen LogP) is 5.49. The normalized spacial score (nSPS) is 22.8. The summed E-state index contributed by atoms with van der Waals surface area (Å²) in [7, 11) is 4.77. The molecule has 2 aromatic carbocycles. The first-order valence-corrected chi connectivity index (χ1v) is 16.6. The van der Waals surface area contributed by atoms with Crippen LogP contribution >= 0.6 is 33.2 Å². The number of benzene rings is 2. The van der Waals surface area contributed by atoms with Crippen LogP contribution in [0.25, 0.3) is 0 Å². The molecule has 4 N–H and O–H groups in total. The van der Waals surface area contributed by atoms with Crippen LogP contribution in [0.5, 0.6) is 0 Å². The van der Waals surface area contributed by atoms with Crippen molar-refractivity contribution < 1.29 is 19.5 Å². The van der Waals surface area contributed by atoms with Gasteiger partial charge < -0.3 is 10.8 Å². The molecule has 0 saturated heterocycles. The number of ketones is 1. The van der Waals surface area contributed by atoms with Crippen molar-refractivity contribution in [1.82, 2.24) is 5.32 Å². The summed E-state index contributed by atoms with van der Waals surface area (Å²) in [5, 5.41) is 13.6. The van der Waals surface area contributed by atoms with E-state index in [1.165, 1.54) is 15.7 Å². The van der Waals surface area contributed by atoms with Crippen LogP contribution in [0.1, 0.15) is 45.2 Å². The lowest BCUT2D eigenvalue weighted by atomic mass is 9.78. The number of anilines is 1. The number of likely N-dealkylation sites (N-methyl/N-ethyl adjacent to an activating group) is 1. The van der Waals surface area contributed by atoms with Crippen LogP contribution < -0.4 is 16.0 Å². The van der Waals surface area contributed by atoms with Gasteiger partial charge in [-0.15, -0.1) is 0 Å². The van der Waals surface area contributed by atoms with E-state index in [9.17, 15) is 19.5 Å². The van der Waals surface area contributed by atoms with E-state index in [-0.39, 0.29) is 11.2 Å². The van der Waals surface area contributed by atoms with Gasteiger partial charge in [0, 0.05) is 32.6 Å². The molecular weight excluding hydrogens is 604 g/mol. The highest BCUT2D eigenvalue weighted by Crippen LogP contribution is 2.43. The highest BCUT2D eigenvalue weighted by atomic mass is 35.5. The summed E-state index contributed by atoms with van der Waals surface area (Å²) in [4.78, 5) is 47.4. The van der Waals surface area contributed by atoms with Crippen LogP contribution in [0.15, 0.2) is 77.3 Å². The maximum atomic E-state index is 14.8. The smallest absolute Gasteiger partial charge is 0.304 e. The number of nitrogens with one attached hydrogen (secondary N) is 1. The van der Waals surface area contributed by atoms with Gasteiger partial charge in [0.15, 0.2) is 11.8 Å². The Bertz CT molecular complexity index is 1490. The Hall–Kier alpha value is -2.89. The maximum Gasteiger partial charge on any atom is 0.304 e. The lowest BCUT2D eigenvalue weighted by Crippen LogP contribution is -2.68. The molecule has 0 fully saturated rings. The molecule has 0 bridgehead atoms. The number of aliphatic imine (C=N–C) groups is 1. The lowest BCUT2D eigenvalue weighted by molar-refractivity contribution is -0.139. The number of aliphatic carboxylic acids is 1. The van der Waals surface area contributed by atoms with Crippen LogP contribution in [0.4, 0.5) is 5.69 Å². The van der Waals surface area contributed by atoms with Crippen LogP contribution in [0, 0.1) is 5.92 Å². The third-order valence-electron chi connectivity index (χ3n) is 7.36. The first kappa shape index (κ1) is 33.0. The summed E-state index contributed by atoms with van der Waals surface area (Å²) in [5.74, 6) is -2.52. The van der Waals surface area contributed by atoms with E-state index < -0.39 is 41.3 Å². The number of nitrogens with zero attached hydrogens (tertiary/aromatic N) is 2. The highest BCUT2D eigenvalue weighted by Gasteiger charge is 2.52. The summed E-state index contributed by atoms with van der Waals surface area (Å²) < 4.78 is -0.0430. The summed E-state index contributed by atoms with van der Waals surface area (Å²) in [6.07, 6.45) is 5.14. The third kappa shape index (κ3) is 6.94. The fraction of sp³-hybridized carbons (Fsp3) is 0.375. The number of halogens is 1. The molecule has 1 aliphatic carbocycles. The van der Waals surface area contributed by atoms with Gasteiger partial charge >= 0.3 is 5.97 Å². The van der Waals surface area contributed by atoms with E-state index in [1.54, 1.807) is 48.2 Å². The molecule has 228 valence electrons. The van der Waals surface area contributed by atoms with E-state index in [0.717, 1.165) is 0 Å². The molecule has 43 heavy (non-hydrogen) atoms. The molecule has 1 heterocycles. The van der Waals surface area contributed by atoms with Crippen molar-refractivity contribution in [2.24, 2.45) is 16.6 Å². The molecular formula is C32H37ClN4O4S2. The quantitative estimate of drug-likeness (QED) is 0.230. The molecule has 1 amide bonds. The van der Waals surface area contributed by atoms with Gasteiger partial charge in [0.1, 0.15) is 5.66 Å². The van der Waals surface area contributed by atoms with Gasteiger partial charge in [0.25, 0.3) is 5.91 Å². The largest absolute Gasteiger partial charge is 0.481 e. The van der Waals surface area contributed by atoms with Crippen molar-refractivity contribution in [2.75, 3.05) is 17.7 Å². The van der Waals surface area contributed by atoms with Gasteiger partial charge in [-0.3, -0.25) is 29.6 Å². The number of carbonyl (C=O) groups excluding carboxylic acids is 2. The SMILES string of the molecule is CNC1(N2C(=O)C(C(=O)C(N)CSSC(C)(C)C)N=C(c3ccccc3)c3cc(Cl)ccc32)C(C)=CC=CC1CC(=O)O. The predicted molar refractivity (Wildman–Crippen MR) is 178 cm³/mol. The molecule has 11 heteroatoms. The minimum atomic E-state index is -1.48. The van der Waals surface area contributed by atoms with Crippen LogP contribution in [-0.4, -0.2) is 63.8 Å². The van der Waals surface area contributed by atoms with Crippen LogP contribution in [0.3, 0.4) is 0 Å². The molecule has 8 nitrogen and oxygen atoms in total. The number of carbonyl (C=O) groups is 3. The molecule has 0 radical (unpaired) electrons. The van der Waals surface area contributed by atoms with E-state index in [0.29, 0.717) is 38.9 Å². The Labute approximate surface area is 265 Å². The van der Waals surface area contributed by atoms with Crippen molar-refractivity contribution in [3.63, 3.8) is 0 Å². The fourth-order valence-electron chi connectivity index (χ4n) is 5.47. The Morgan fingerprint density at radius 3 is 2.53 bits per heavy atom. The molecule has 2 aromatic rings. The van der Waals surface area contributed by atoms with Crippen molar-refractivity contribution in [2.45, 2.75) is 56.6 Å². The monoisotopic (exact) mass is 640 g/mol. The standard InChI is InChI=1S/C32H37ClN4O4S2/c1-19-10-9-13-21(16-26(38)39)32(19,35-5)37-25-15-14-22(33)17-23(25)27(20-11-7-6-8-12-20)36-28(30(37)41)29(40)24(34)18-42-43-31(2,3)4/h6-15,17,21,24,28,35H,16,18,34H2,1-5H3,(H,38,39). The maximum absolute atomic E-state index is 14.8. The summed E-state index contributed by atoms with van der Waals surface area (Å²) in [6, 6.07) is 12.0. The molecule has 4 unspecified atom stereocenters. The highest BCUT2D eigenvalue weighted by molar-refractivity contribution is 8.77. The number of Topliss-reactive ketones (excluding diaryl/α,β-unsaturated/α-hetero) is 1. The summed E-state index contributed by atoms with van der Waals surface area (Å²) in [5.41, 5.74) is 7.94. The second kappa shape index (κ2) is 13.4. The Morgan fingerprint density at radius 2 is 1.91 bits per heavy atom. The lowest BCUT2D eigenvalue weighted by Gasteiger charge is -2.50. The average molecular weight is 641 g/mol. The summed E-state index contributed by atoms with van der Waals surface area (Å²) >= 11 is 6.52. The Morgan fingerprint density at radius 1 is 1.21 bits per heavy atom. The molecule has 0 aromatic heterocycles. The van der Waals surface area contributed by atoms with Crippen molar-refractivity contribution >= 4 is 62.2 Å². The van der Waals surface area contributed by atoms with Crippen molar-refractivity contribution in [3.05, 3.63) is 88.5 Å². The zero-order valence-electron chi connectivity index (χ0n) is 24.8. The third-order valence-corrected chi connectivity index (χ3v) is 11.0. The van der Waals surface area contributed by atoms with Gasteiger partial charge in [-0.2, -0.15) is 0 Å². The number of carboxylic acids is 1. The van der Waals surface area contributed by atoms with Gasteiger partial charge in [0.2, 0.25) is 0 Å². The molecule has 2 aliphatic rings. The van der Waals surface area contributed by atoms with E-state index >= 15 is 0 Å². The zero-order valence-corrected chi connectivity index (χ0v) is 27.2. The zero-order chi connectivity index (χ0) is 31.5. The second-order valence-electron chi connectivity index (χ2n) is 11.5. The minimum absolute atomic E-state index is 0.0430. The molecule has 4 atom stereocenters. The van der Waals surface area contributed by atoms with Gasteiger partial charge in [-0.1, -0.05) is 103 Å². The molecule has 0 spiro atoms. The van der Waals surface area contributed by atoms with Crippen LogP contribution in [0.2, 0.25) is 5.02 Å². The van der Waals surface area contributed by atoms with Gasteiger partial charge in [-0.25, -0.2) is 0 Å². The summed E-state index contributed by atoms with van der Waals surface area (Å²) in [6.45, 7) is 8.05. The fourth-order valence-corrected chi connectivity index (χ4v) is 8.07. The number of carboxylic acid groups (broad SMARTS) is 1. The second-order valence-corrected chi connectivity index (χ2v) is 15.1. The van der Waals surface area contributed by atoms with Gasteiger partial charge in [-0.05, 0) is 37.7 Å². The topological polar surface area (TPSA) is 125 Å². The van der Waals surface area contributed by atoms with E-state index in [4.69, 9.17) is 22.3 Å². The minimum Gasteiger partial charge on any atom is -0.481 e. The van der Waals surface area contributed by atoms with Crippen molar-refractivity contribution in [1.29, 1.82) is 0 Å². The number of rotatable bonds is 10. The van der Waals surface area contributed by atoms with Crippen molar-refractivity contribution in [3.8, 4) is 0 Å². The Kier molecular flexibility index (Phi) is 10.3. The van der Waals surface area contributed by atoms with E-state index in [1.807, 2.05) is 43.3 Å². The van der Waals surface area contributed by atoms with E-state index in [2.05, 4.69) is 26.1 Å². The number of hydrogen-bond donors (Lipinski definition) is 3. The molecule has 0 saturated carbocycles. The first-order chi connectivity index (χ1) is 20.3. The first-order valence-electron chi connectivity index (χ1n) is 13.9. The number of hydrogen-bond acceptors (Lipinski definition) is 8. The Balaban J connectivity index is 1.95. The van der Waals surface area contributed by atoms with Crippen LogP contribution in [-0.2, 0) is 14.4 Å².